The van der Waals surface area contributed by atoms with Crippen LogP contribution in [-0.4, -0.2) is 15.2 Å². The third-order valence-corrected chi connectivity index (χ3v) is 2.36. The fourth-order valence-corrected chi connectivity index (χ4v) is 1.47. The van der Waals surface area contributed by atoms with Crippen LogP contribution in [0, 0.1) is 17.2 Å². The van der Waals surface area contributed by atoms with E-state index in [4.69, 9.17) is 5.26 Å². The summed E-state index contributed by atoms with van der Waals surface area (Å²) in [6, 6.07) is 5.47. The maximum absolute atomic E-state index is 11.7. The number of Topliss-reactive ketones (excluding diaryl/α,β-unsaturated/α-hetero) is 1. The second kappa shape index (κ2) is 3.78. The number of hydrogen-bond donors (Lipinski definition) is 0. The Labute approximate surface area is 93.1 Å². The minimum Gasteiger partial charge on any atom is -0.305 e. The molecule has 0 aromatic carbocycles. The van der Waals surface area contributed by atoms with Crippen LogP contribution in [0.4, 0.5) is 0 Å². The Balaban J connectivity index is 2.53. The van der Waals surface area contributed by atoms with E-state index in [9.17, 15) is 4.79 Å². The van der Waals surface area contributed by atoms with Gasteiger partial charge in [0.15, 0.2) is 5.78 Å². The van der Waals surface area contributed by atoms with Gasteiger partial charge in [0, 0.05) is 18.3 Å². The summed E-state index contributed by atoms with van der Waals surface area (Å²) in [5.41, 5.74) is 1.68. The maximum atomic E-state index is 11.7. The topological polar surface area (TPSA) is 58.2 Å². The molecule has 4 nitrogen and oxygen atoms in total. The van der Waals surface area contributed by atoms with Gasteiger partial charge in [-0.05, 0) is 12.1 Å². The van der Waals surface area contributed by atoms with E-state index in [1.54, 1.807) is 28.9 Å². The zero-order chi connectivity index (χ0) is 11.7. The fraction of sp³-hybridized carbons (Fsp3) is 0.250. The van der Waals surface area contributed by atoms with Gasteiger partial charge in [-0.25, -0.2) is 4.98 Å². The quantitative estimate of drug-likeness (QED) is 0.717. The molecule has 0 fully saturated rings. The molecule has 2 rings (SSSR count). The van der Waals surface area contributed by atoms with E-state index in [-0.39, 0.29) is 11.7 Å². The smallest absolute Gasteiger partial charge is 0.185 e. The SMILES string of the molecule is CC(C)C(=O)c1cn2cc(C#N)ccc2n1. The number of nitriles is 1. The molecule has 0 saturated heterocycles. The Kier molecular flexibility index (Phi) is 2.45. The number of ketones is 1. The van der Waals surface area contributed by atoms with E-state index in [2.05, 4.69) is 4.98 Å². The molecule has 0 atom stereocenters. The fourth-order valence-electron chi connectivity index (χ4n) is 1.47. The highest BCUT2D eigenvalue weighted by atomic mass is 16.1. The molecule has 2 aromatic rings. The van der Waals surface area contributed by atoms with Gasteiger partial charge in [-0.1, -0.05) is 13.8 Å². The van der Waals surface area contributed by atoms with Crippen molar-refractivity contribution in [2.45, 2.75) is 13.8 Å². The third-order valence-electron chi connectivity index (χ3n) is 2.36. The van der Waals surface area contributed by atoms with Gasteiger partial charge in [-0.3, -0.25) is 4.79 Å². The number of aromatic nitrogens is 2. The number of nitrogens with zero attached hydrogens (tertiary/aromatic N) is 3. The first-order valence-electron chi connectivity index (χ1n) is 5.05. The number of pyridine rings is 1. The van der Waals surface area contributed by atoms with Crippen LogP contribution >= 0.6 is 0 Å². The van der Waals surface area contributed by atoms with Crippen molar-refractivity contribution in [2.24, 2.45) is 5.92 Å². The summed E-state index contributed by atoms with van der Waals surface area (Å²) >= 11 is 0. The second-order valence-electron chi connectivity index (χ2n) is 3.94. The molecular weight excluding hydrogens is 202 g/mol. The van der Waals surface area contributed by atoms with E-state index in [1.807, 2.05) is 19.9 Å². The summed E-state index contributed by atoms with van der Waals surface area (Å²) in [5.74, 6) is -0.0532. The molecule has 0 bridgehead atoms. The molecule has 0 saturated carbocycles. The highest BCUT2D eigenvalue weighted by Crippen LogP contribution is 2.11. The van der Waals surface area contributed by atoms with Gasteiger partial charge in [0.1, 0.15) is 17.4 Å². The van der Waals surface area contributed by atoms with Crippen LogP contribution in [0.1, 0.15) is 29.9 Å². The van der Waals surface area contributed by atoms with Crippen molar-refractivity contribution in [2.75, 3.05) is 0 Å². The molecule has 0 spiro atoms. The lowest BCUT2D eigenvalue weighted by molar-refractivity contribution is 0.0935. The zero-order valence-corrected chi connectivity index (χ0v) is 9.14. The molecule has 0 radical (unpaired) electrons. The zero-order valence-electron chi connectivity index (χ0n) is 9.14. The monoisotopic (exact) mass is 213 g/mol. The van der Waals surface area contributed by atoms with E-state index < -0.39 is 0 Å². The summed E-state index contributed by atoms with van der Waals surface area (Å²) in [6.07, 6.45) is 3.33. The van der Waals surface area contributed by atoms with E-state index >= 15 is 0 Å². The summed E-state index contributed by atoms with van der Waals surface area (Å²) in [7, 11) is 0. The minimum absolute atomic E-state index is 0.0159. The molecule has 4 heteroatoms. The molecule has 2 aromatic heterocycles. The molecule has 0 N–H and O–H groups in total. The number of fused-ring (bicyclic) bond motifs is 1. The molecular formula is C12H11N3O. The van der Waals surface area contributed by atoms with Gasteiger partial charge in [0.05, 0.1) is 5.56 Å². The number of imidazole rings is 1. The van der Waals surface area contributed by atoms with Crippen LogP contribution in [0.15, 0.2) is 24.5 Å². The number of hydrogen-bond acceptors (Lipinski definition) is 3. The van der Waals surface area contributed by atoms with Crippen LogP contribution in [0.2, 0.25) is 0 Å². The lowest BCUT2D eigenvalue weighted by Crippen LogP contribution is -2.07. The van der Waals surface area contributed by atoms with Crippen molar-refractivity contribution >= 4 is 11.4 Å². The van der Waals surface area contributed by atoms with E-state index in [0.717, 1.165) is 0 Å². The summed E-state index contributed by atoms with van der Waals surface area (Å²) in [4.78, 5) is 15.9. The summed E-state index contributed by atoms with van der Waals surface area (Å²) in [6.45, 7) is 3.68. The van der Waals surface area contributed by atoms with Crippen molar-refractivity contribution in [1.82, 2.24) is 9.38 Å². The van der Waals surface area contributed by atoms with Crippen molar-refractivity contribution < 1.29 is 4.79 Å². The van der Waals surface area contributed by atoms with Crippen molar-refractivity contribution in [3.8, 4) is 6.07 Å². The molecule has 2 heterocycles. The maximum Gasteiger partial charge on any atom is 0.185 e. The van der Waals surface area contributed by atoms with Gasteiger partial charge in [-0.2, -0.15) is 5.26 Å². The van der Waals surface area contributed by atoms with Crippen LogP contribution in [0.5, 0.6) is 0 Å². The molecule has 0 aliphatic heterocycles. The predicted molar refractivity (Wildman–Crippen MR) is 59.1 cm³/mol. The molecule has 80 valence electrons. The largest absolute Gasteiger partial charge is 0.305 e. The van der Waals surface area contributed by atoms with E-state index in [0.29, 0.717) is 16.9 Å². The second-order valence-corrected chi connectivity index (χ2v) is 3.94. The molecule has 0 aliphatic rings. The molecule has 0 amide bonds. The average Bonchev–Trinajstić information content (AvgIpc) is 2.69. The van der Waals surface area contributed by atoms with Crippen molar-refractivity contribution in [3.05, 3.63) is 35.8 Å². The summed E-state index contributed by atoms with van der Waals surface area (Å²) < 4.78 is 1.70. The Morgan fingerprint density at radius 3 is 2.81 bits per heavy atom. The molecule has 0 aliphatic carbocycles. The van der Waals surface area contributed by atoms with Gasteiger partial charge in [0.25, 0.3) is 0 Å². The highest BCUT2D eigenvalue weighted by molar-refractivity contribution is 5.96. The highest BCUT2D eigenvalue weighted by Gasteiger charge is 2.14. The Morgan fingerprint density at radius 2 is 2.19 bits per heavy atom. The minimum atomic E-state index is -0.0691. The summed E-state index contributed by atoms with van der Waals surface area (Å²) in [5, 5.41) is 8.75. The molecule has 0 unspecified atom stereocenters. The lowest BCUT2D eigenvalue weighted by Gasteiger charge is -1.97. The van der Waals surface area contributed by atoms with Crippen LogP contribution in [0.25, 0.3) is 5.65 Å². The first-order valence-corrected chi connectivity index (χ1v) is 5.05. The van der Waals surface area contributed by atoms with Crippen LogP contribution in [0.3, 0.4) is 0 Å². The van der Waals surface area contributed by atoms with Gasteiger partial charge >= 0.3 is 0 Å². The van der Waals surface area contributed by atoms with E-state index in [1.165, 1.54) is 0 Å². The first kappa shape index (κ1) is 10.4. The van der Waals surface area contributed by atoms with Crippen LogP contribution < -0.4 is 0 Å². The Morgan fingerprint density at radius 1 is 1.44 bits per heavy atom. The van der Waals surface area contributed by atoms with Gasteiger partial charge in [-0.15, -0.1) is 0 Å². The normalized spacial score (nSPS) is 10.6. The average molecular weight is 213 g/mol. The number of carbonyl (C=O) groups excluding carboxylic acids is 1. The van der Waals surface area contributed by atoms with Crippen molar-refractivity contribution in [1.29, 1.82) is 5.26 Å². The Bertz CT molecular complexity index is 590. The van der Waals surface area contributed by atoms with Crippen molar-refractivity contribution in [3.63, 3.8) is 0 Å². The standard InChI is InChI=1S/C12H11N3O/c1-8(2)12(16)10-7-15-6-9(5-13)3-4-11(15)14-10/h3-4,6-8H,1-2H3. The molecule has 16 heavy (non-hydrogen) atoms. The van der Waals surface area contributed by atoms with Gasteiger partial charge in [0.2, 0.25) is 0 Å². The third kappa shape index (κ3) is 1.68. The first-order chi connectivity index (χ1) is 7.61. The Hall–Kier alpha value is -2.15. The number of carbonyl (C=O) groups is 1. The van der Waals surface area contributed by atoms with Crippen LogP contribution in [-0.2, 0) is 0 Å². The van der Waals surface area contributed by atoms with Gasteiger partial charge < -0.3 is 4.40 Å². The lowest BCUT2D eigenvalue weighted by atomic mass is 10.1. The number of rotatable bonds is 2. The predicted octanol–water partition coefficient (Wildman–Crippen LogP) is 2.04.